The van der Waals surface area contributed by atoms with E-state index in [0.717, 1.165) is 41.6 Å². The molecule has 0 aliphatic heterocycles. The second-order valence-electron chi connectivity index (χ2n) is 8.75. The highest BCUT2D eigenvalue weighted by Crippen LogP contribution is 2.41. The Hall–Kier alpha value is -2.14. The molecule has 4 nitrogen and oxygen atoms in total. The highest BCUT2D eigenvalue weighted by atomic mass is 32.1. The van der Waals surface area contributed by atoms with Gasteiger partial charge in [0.2, 0.25) is 0 Å². The molecule has 0 N–H and O–H groups in total. The number of rotatable bonds is 5. The van der Waals surface area contributed by atoms with Crippen LogP contribution in [0.1, 0.15) is 44.1 Å². The first-order valence-electron chi connectivity index (χ1n) is 10.1. The van der Waals surface area contributed by atoms with Crippen molar-refractivity contribution in [2.75, 3.05) is 6.61 Å². The molecule has 4 rings (SSSR count). The van der Waals surface area contributed by atoms with Crippen molar-refractivity contribution >= 4 is 21.6 Å². The first-order chi connectivity index (χ1) is 13.4. The van der Waals surface area contributed by atoms with E-state index in [4.69, 9.17) is 4.74 Å². The molecule has 2 heterocycles. The Morgan fingerprint density at radius 2 is 2.04 bits per heavy atom. The predicted molar refractivity (Wildman–Crippen MR) is 115 cm³/mol. The monoisotopic (exact) mass is 396 g/mol. The van der Waals surface area contributed by atoms with Crippen molar-refractivity contribution in [2.45, 2.75) is 53.0 Å². The fourth-order valence-electron chi connectivity index (χ4n) is 4.04. The van der Waals surface area contributed by atoms with Crippen LogP contribution in [0.25, 0.3) is 10.2 Å². The molecule has 0 amide bonds. The van der Waals surface area contributed by atoms with Gasteiger partial charge in [-0.05, 0) is 54.7 Å². The molecule has 28 heavy (non-hydrogen) atoms. The zero-order valence-corrected chi connectivity index (χ0v) is 17.7. The lowest BCUT2D eigenvalue weighted by Crippen LogP contribution is -2.27. The number of aromatic nitrogens is 2. The SMILES string of the molecule is CC(C)(C)[C@H]1CCc2c(sc3ncn(CCCOc4ccccc4)c(=O)c23)C1. The number of hydrogen-bond donors (Lipinski definition) is 0. The van der Waals surface area contributed by atoms with Gasteiger partial charge in [0, 0.05) is 11.4 Å². The van der Waals surface area contributed by atoms with E-state index < -0.39 is 0 Å². The van der Waals surface area contributed by atoms with Crippen LogP contribution < -0.4 is 10.3 Å². The average Bonchev–Trinajstić information content (AvgIpc) is 3.05. The minimum Gasteiger partial charge on any atom is -0.494 e. The smallest absolute Gasteiger partial charge is 0.262 e. The zero-order valence-electron chi connectivity index (χ0n) is 16.9. The molecule has 0 saturated carbocycles. The summed E-state index contributed by atoms with van der Waals surface area (Å²) in [6, 6.07) is 9.78. The number of nitrogens with zero attached hydrogens (tertiary/aromatic N) is 2. The van der Waals surface area contributed by atoms with Gasteiger partial charge >= 0.3 is 0 Å². The molecular weight excluding hydrogens is 368 g/mol. The predicted octanol–water partition coefficient (Wildman–Crippen LogP) is 5.08. The van der Waals surface area contributed by atoms with Gasteiger partial charge < -0.3 is 4.74 Å². The van der Waals surface area contributed by atoms with Gasteiger partial charge in [-0.1, -0.05) is 39.0 Å². The Balaban J connectivity index is 1.49. The normalized spacial score (nSPS) is 16.9. The Bertz CT molecular complexity index is 1010. The highest BCUT2D eigenvalue weighted by Gasteiger charge is 2.31. The Morgan fingerprint density at radius 3 is 2.79 bits per heavy atom. The van der Waals surface area contributed by atoms with Crippen LogP contribution in [0.5, 0.6) is 5.75 Å². The molecular formula is C23H28N2O2S. The maximum Gasteiger partial charge on any atom is 0.262 e. The number of hydrogen-bond acceptors (Lipinski definition) is 4. The number of aryl methyl sites for hydroxylation is 2. The summed E-state index contributed by atoms with van der Waals surface area (Å²) < 4.78 is 7.49. The molecule has 0 fully saturated rings. The van der Waals surface area contributed by atoms with Gasteiger partial charge in [0.15, 0.2) is 0 Å². The minimum atomic E-state index is 0.108. The summed E-state index contributed by atoms with van der Waals surface area (Å²) in [7, 11) is 0. The quantitative estimate of drug-likeness (QED) is 0.565. The number of thiophene rings is 1. The standard InChI is InChI=1S/C23H28N2O2S/c1-23(2,3)16-10-11-18-19(14-16)28-21-20(18)22(26)25(15-24-21)12-7-13-27-17-8-5-4-6-9-17/h4-6,8-9,15-16H,7,10-14H2,1-3H3/t16-/m0/s1. The van der Waals surface area contributed by atoms with Crippen LogP contribution in [0.2, 0.25) is 0 Å². The first-order valence-corrected chi connectivity index (χ1v) is 10.9. The number of fused-ring (bicyclic) bond motifs is 3. The second kappa shape index (κ2) is 7.70. The Labute approximate surface area is 170 Å². The van der Waals surface area contributed by atoms with Gasteiger partial charge in [0.25, 0.3) is 5.56 Å². The summed E-state index contributed by atoms with van der Waals surface area (Å²) >= 11 is 1.72. The van der Waals surface area contributed by atoms with Crippen LogP contribution in [0.3, 0.4) is 0 Å². The third-order valence-electron chi connectivity index (χ3n) is 5.82. The third-order valence-corrected chi connectivity index (χ3v) is 6.98. The van der Waals surface area contributed by atoms with Gasteiger partial charge in [-0.2, -0.15) is 0 Å². The molecule has 148 valence electrons. The maximum absolute atomic E-state index is 13.1. The molecule has 0 unspecified atom stereocenters. The van der Waals surface area contributed by atoms with Crippen LogP contribution in [-0.4, -0.2) is 16.2 Å². The maximum atomic E-state index is 13.1. The van der Waals surface area contributed by atoms with Gasteiger partial charge in [-0.15, -0.1) is 11.3 Å². The van der Waals surface area contributed by atoms with Crippen LogP contribution in [0.15, 0.2) is 41.5 Å². The van der Waals surface area contributed by atoms with Gasteiger partial charge in [0.1, 0.15) is 10.6 Å². The highest BCUT2D eigenvalue weighted by molar-refractivity contribution is 7.18. The van der Waals surface area contributed by atoms with Gasteiger partial charge in [0.05, 0.1) is 18.3 Å². The number of para-hydroxylation sites is 1. The molecule has 1 atom stereocenters. The van der Waals surface area contributed by atoms with E-state index in [1.165, 1.54) is 10.4 Å². The van der Waals surface area contributed by atoms with E-state index >= 15 is 0 Å². The molecule has 0 radical (unpaired) electrons. The molecule has 1 aliphatic carbocycles. The fourth-order valence-corrected chi connectivity index (χ4v) is 5.30. The van der Waals surface area contributed by atoms with Crippen LogP contribution in [-0.2, 0) is 19.4 Å². The van der Waals surface area contributed by atoms with Crippen LogP contribution in [0.4, 0.5) is 0 Å². The van der Waals surface area contributed by atoms with Crippen molar-refractivity contribution in [3.63, 3.8) is 0 Å². The summed E-state index contributed by atoms with van der Waals surface area (Å²) in [5.41, 5.74) is 1.67. The van der Waals surface area contributed by atoms with Crippen molar-refractivity contribution in [1.29, 1.82) is 0 Å². The topological polar surface area (TPSA) is 44.1 Å². The van der Waals surface area contributed by atoms with Gasteiger partial charge in [-0.3, -0.25) is 9.36 Å². The van der Waals surface area contributed by atoms with Crippen molar-refractivity contribution in [2.24, 2.45) is 11.3 Å². The molecule has 0 saturated heterocycles. The third kappa shape index (κ3) is 3.86. The van der Waals surface area contributed by atoms with Crippen molar-refractivity contribution in [1.82, 2.24) is 9.55 Å². The average molecular weight is 397 g/mol. The van der Waals surface area contributed by atoms with E-state index in [1.807, 2.05) is 30.3 Å². The molecule has 5 heteroatoms. The van der Waals surface area contributed by atoms with E-state index in [0.29, 0.717) is 24.5 Å². The van der Waals surface area contributed by atoms with E-state index in [9.17, 15) is 4.79 Å². The number of ether oxygens (including phenoxy) is 1. The lowest BCUT2D eigenvalue weighted by molar-refractivity contribution is 0.218. The summed E-state index contributed by atoms with van der Waals surface area (Å²) in [6.07, 6.45) is 5.71. The number of benzene rings is 1. The van der Waals surface area contributed by atoms with Gasteiger partial charge in [-0.25, -0.2) is 4.98 Å². The summed E-state index contributed by atoms with van der Waals surface area (Å²) in [4.78, 5) is 20.0. The lowest BCUT2D eigenvalue weighted by Gasteiger charge is -2.33. The van der Waals surface area contributed by atoms with Crippen molar-refractivity contribution < 1.29 is 4.74 Å². The van der Waals surface area contributed by atoms with Crippen molar-refractivity contribution in [3.8, 4) is 5.75 Å². The molecule has 1 aromatic carbocycles. The van der Waals surface area contributed by atoms with E-state index in [1.54, 1.807) is 22.2 Å². The van der Waals surface area contributed by atoms with Crippen LogP contribution in [0, 0.1) is 11.3 Å². The summed E-state index contributed by atoms with van der Waals surface area (Å²) in [5, 5.41) is 0.860. The second-order valence-corrected chi connectivity index (χ2v) is 9.83. The molecule has 3 aromatic rings. The Morgan fingerprint density at radius 1 is 1.25 bits per heavy atom. The summed E-state index contributed by atoms with van der Waals surface area (Å²) in [6.45, 7) is 8.17. The zero-order chi connectivity index (χ0) is 19.7. The van der Waals surface area contributed by atoms with E-state index in [-0.39, 0.29) is 5.56 Å². The summed E-state index contributed by atoms with van der Waals surface area (Å²) in [5.74, 6) is 1.54. The largest absolute Gasteiger partial charge is 0.494 e. The Kier molecular flexibility index (Phi) is 5.28. The minimum absolute atomic E-state index is 0.108. The fraction of sp³-hybridized carbons (Fsp3) is 0.478. The first kappa shape index (κ1) is 19.2. The molecule has 2 aromatic heterocycles. The van der Waals surface area contributed by atoms with E-state index in [2.05, 4.69) is 25.8 Å². The lowest BCUT2D eigenvalue weighted by atomic mass is 9.72. The molecule has 0 bridgehead atoms. The van der Waals surface area contributed by atoms with Crippen LogP contribution >= 0.6 is 11.3 Å². The van der Waals surface area contributed by atoms with Crippen molar-refractivity contribution in [3.05, 3.63) is 57.5 Å². The molecule has 1 aliphatic rings. The molecule has 0 spiro atoms.